The highest BCUT2D eigenvalue weighted by Crippen LogP contribution is 1.97. The van der Waals surface area contributed by atoms with Gasteiger partial charge in [-0.2, -0.15) is 0 Å². The maximum atomic E-state index is 11.0. The van der Waals surface area contributed by atoms with Gasteiger partial charge in [0.25, 0.3) is 0 Å². The van der Waals surface area contributed by atoms with Crippen LogP contribution in [0, 0.1) is 0 Å². The third-order valence-corrected chi connectivity index (χ3v) is 1.85. The highest BCUT2D eigenvalue weighted by molar-refractivity contribution is 7.80. The van der Waals surface area contributed by atoms with Gasteiger partial charge in [-0.25, -0.2) is 10.2 Å². The van der Waals surface area contributed by atoms with Gasteiger partial charge < -0.3 is 10.4 Å². The number of aliphatic carboxylic acids is 1. The molecular formula is C7H14N3O3S+. The smallest absolute Gasteiger partial charge is 0.326 e. The number of carboxylic acid groups (broad SMARTS) is 1. The lowest BCUT2D eigenvalue weighted by Gasteiger charge is -2.13. The van der Waals surface area contributed by atoms with Gasteiger partial charge in [0.2, 0.25) is 5.11 Å². The molecule has 1 unspecified atom stereocenters. The molecule has 6 N–H and O–H groups in total. The van der Waals surface area contributed by atoms with E-state index in [1.54, 1.807) is 6.92 Å². The van der Waals surface area contributed by atoms with Gasteiger partial charge in [-0.3, -0.25) is 10.6 Å². The summed E-state index contributed by atoms with van der Waals surface area (Å²) in [6.45, 7) is 1.68. The lowest BCUT2D eigenvalue weighted by Crippen LogP contribution is -2.70. The maximum absolute atomic E-state index is 11.0. The van der Waals surface area contributed by atoms with Gasteiger partial charge in [0.15, 0.2) is 0 Å². The van der Waals surface area contributed by atoms with Crippen LogP contribution in [0.15, 0.2) is 0 Å². The molecule has 0 heterocycles. The van der Waals surface area contributed by atoms with Crippen molar-refractivity contribution >= 4 is 29.1 Å². The second-order valence-electron chi connectivity index (χ2n) is 2.64. The molecule has 0 aromatic carbocycles. The number of quaternary nitrogens is 1. The molecule has 7 heteroatoms. The molecule has 0 fully saturated rings. The number of carbonyl (C=O) groups excluding carboxylic acids is 1. The molecule has 0 aliphatic carbocycles. The number of rotatable bonds is 5. The van der Waals surface area contributed by atoms with Gasteiger partial charge in [-0.05, 0) is 12.2 Å². The van der Waals surface area contributed by atoms with Crippen LogP contribution in [-0.2, 0) is 9.59 Å². The van der Waals surface area contributed by atoms with Gasteiger partial charge in [0.1, 0.15) is 11.8 Å². The molecule has 0 bridgehead atoms. The summed E-state index contributed by atoms with van der Waals surface area (Å²) in [5.74, 6) is 2.03. The molecule has 0 spiro atoms. The van der Waals surface area contributed by atoms with Crippen molar-refractivity contribution in [2.24, 2.45) is 0 Å². The third-order valence-electron chi connectivity index (χ3n) is 1.59. The number of Topliss-reactive ketones (excluding diaryl/α,β-unsaturated/α-hetero) is 1. The maximum Gasteiger partial charge on any atom is 0.326 e. The Bertz CT molecular complexity index is 226. The summed E-state index contributed by atoms with van der Waals surface area (Å²) in [6, 6.07) is -0.982. The van der Waals surface area contributed by atoms with Crippen molar-refractivity contribution in [3.63, 3.8) is 0 Å². The van der Waals surface area contributed by atoms with Crippen molar-refractivity contribution in [2.45, 2.75) is 25.8 Å². The standard InChI is InChI=1S/C7H13N3O3S/c1-2-4(11)3-5(6(12)13)9-7(14)10-8/h5H,2-3,8H2,1H3,(H,12,13)(H2,9,10,14)/p+1. The van der Waals surface area contributed by atoms with Gasteiger partial charge >= 0.3 is 5.97 Å². The largest absolute Gasteiger partial charge is 0.480 e. The minimum Gasteiger partial charge on any atom is -0.480 e. The number of thiocarbonyl (C=S) groups is 1. The van der Waals surface area contributed by atoms with Crippen LogP contribution in [0.25, 0.3) is 0 Å². The monoisotopic (exact) mass is 220 g/mol. The third kappa shape index (κ3) is 4.73. The average Bonchev–Trinajstić information content (AvgIpc) is 2.16. The predicted molar refractivity (Wildman–Crippen MR) is 53.1 cm³/mol. The summed E-state index contributed by atoms with van der Waals surface area (Å²) < 4.78 is 0. The molecule has 1 atom stereocenters. The number of nitrogens with one attached hydrogen (secondary N) is 2. The van der Waals surface area contributed by atoms with Crippen LogP contribution in [0.2, 0.25) is 0 Å². The Balaban J connectivity index is 4.23. The molecule has 0 rings (SSSR count). The van der Waals surface area contributed by atoms with E-state index in [0.29, 0.717) is 6.42 Å². The quantitative estimate of drug-likeness (QED) is 0.329. The zero-order chi connectivity index (χ0) is 11.1. The first-order chi connectivity index (χ1) is 6.51. The summed E-state index contributed by atoms with van der Waals surface area (Å²) in [5, 5.41) is 11.3. The lowest BCUT2D eigenvalue weighted by atomic mass is 10.1. The zero-order valence-electron chi connectivity index (χ0n) is 7.87. The SMILES string of the molecule is CCC(=O)CC(NC(=S)N[NH3+])C(=O)O. The fraction of sp³-hybridized carbons (Fsp3) is 0.571. The van der Waals surface area contributed by atoms with E-state index in [1.807, 2.05) is 0 Å². The minimum atomic E-state index is -1.11. The Morgan fingerprint density at radius 3 is 2.50 bits per heavy atom. The van der Waals surface area contributed by atoms with E-state index in [2.05, 4.69) is 28.8 Å². The first kappa shape index (κ1) is 12.8. The summed E-state index contributed by atoms with van der Waals surface area (Å²) in [4.78, 5) is 21.7. The van der Waals surface area contributed by atoms with Gasteiger partial charge in [0, 0.05) is 12.8 Å². The van der Waals surface area contributed by atoms with E-state index < -0.39 is 12.0 Å². The molecule has 0 radical (unpaired) electrons. The molecule has 0 amide bonds. The molecular weight excluding hydrogens is 206 g/mol. The zero-order valence-corrected chi connectivity index (χ0v) is 8.69. The second kappa shape index (κ2) is 6.28. The summed E-state index contributed by atoms with van der Waals surface area (Å²) in [6.07, 6.45) is 0.240. The number of hydrogen-bond acceptors (Lipinski definition) is 3. The highest BCUT2D eigenvalue weighted by atomic mass is 32.1. The van der Waals surface area contributed by atoms with Gasteiger partial charge in [-0.1, -0.05) is 6.92 Å². The van der Waals surface area contributed by atoms with Crippen molar-refractivity contribution in [1.82, 2.24) is 10.7 Å². The van der Waals surface area contributed by atoms with Crippen molar-refractivity contribution < 1.29 is 20.5 Å². The number of carbonyl (C=O) groups is 2. The molecule has 0 aromatic heterocycles. The molecule has 0 saturated heterocycles. The van der Waals surface area contributed by atoms with Gasteiger partial charge in [0.05, 0.1) is 0 Å². The molecule has 80 valence electrons. The average molecular weight is 220 g/mol. The molecule has 0 aliphatic heterocycles. The molecule has 0 aromatic rings. The van der Waals surface area contributed by atoms with E-state index in [0.717, 1.165) is 0 Å². The van der Waals surface area contributed by atoms with Crippen molar-refractivity contribution in [3.8, 4) is 0 Å². The van der Waals surface area contributed by atoms with Crippen LogP contribution >= 0.6 is 12.2 Å². The second-order valence-corrected chi connectivity index (χ2v) is 3.05. The lowest BCUT2D eigenvalue weighted by molar-refractivity contribution is -0.419. The number of ketones is 1. The van der Waals surface area contributed by atoms with Crippen LogP contribution in [0.4, 0.5) is 0 Å². The highest BCUT2D eigenvalue weighted by Gasteiger charge is 2.20. The first-order valence-electron chi connectivity index (χ1n) is 4.09. The van der Waals surface area contributed by atoms with E-state index in [4.69, 9.17) is 5.11 Å². The topological polar surface area (TPSA) is 106 Å². The Morgan fingerprint density at radius 2 is 2.14 bits per heavy atom. The number of carboxylic acids is 1. The Kier molecular flexibility index (Phi) is 5.73. The molecule has 6 nitrogen and oxygen atoms in total. The Morgan fingerprint density at radius 1 is 1.57 bits per heavy atom. The van der Waals surface area contributed by atoms with Gasteiger partial charge in [-0.15, -0.1) is 0 Å². The Labute approximate surface area is 86.8 Å². The van der Waals surface area contributed by atoms with Crippen LogP contribution in [0.1, 0.15) is 19.8 Å². The molecule has 0 saturated carbocycles. The van der Waals surface area contributed by atoms with Crippen molar-refractivity contribution in [1.29, 1.82) is 0 Å². The van der Waals surface area contributed by atoms with Crippen LogP contribution in [-0.4, -0.2) is 28.0 Å². The normalized spacial score (nSPS) is 11.6. The van der Waals surface area contributed by atoms with Crippen LogP contribution in [0.5, 0.6) is 0 Å². The van der Waals surface area contributed by atoms with Crippen molar-refractivity contribution in [3.05, 3.63) is 0 Å². The summed E-state index contributed by atoms with van der Waals surface area (Å²) in [7, 11) is 0. The molecule has 14 heavy (non-hydrogen) atoms. The number of hydrogen-bond donors (Lipinski definition) is 4. The van der Waals surface area contributed by atoms with Crippen molar-refractivity contribution in [2.75, 3.05) is 0 Å². The predicted octanol–water partition coefficient (Wildman–Crippen LogP) is -1.57. The summed E-state index contributed by atoms with van der Waals surface area (Å²) >= 11 is 4.68. The van der Waals surface area contributed by atoms with E-state index in [-0.39, 0.29) is 17.3 Å². The molecule has 0 aliphatic rings. The fourth-order valence-electron chi connectivity index (χ4n) is 0.781. The van der Waals surface area contributed by atoms with Crippen LogP contribution in [0.3, 0.4) is 0 Å². The fourth-order valence-corrected chi connectivity index (χ4v) is 0.924. The van der Waals surface area contributed by atoms with E-state index >= 15 is 0 Å². The van der Waals surface area contributed by atoms with E-state index in [9.17, 15) is 9.59 Å². The Hall–Kier alpha value is -1.21. The summed E-state index contributed by atoms with van der Waals surface area (Å²) in [5.41, 5.74) is 2.34. The van der Waals surface area contributed by atoms with Crippen LogP contribution < -0.4 is 16.6 Å². The van der Waals surface area contributed by atoms with E-state index in [1.165, 1.54) is 0 Å². The minimum absolute atomic E-state index is 0.0757. The first-order valence-corrected chi connectivity index (χ1v) is 4.50.